The van der Waals surface area contributed by atoms with Crippen LogP contribution in [0.2, 0.25) is 0 Å². The van der Waals surface area contributed by atoms with Crippen LogP contribution in [0.5, 0.6) is 5.75 Å². The lowest BCUT2D eigenvalue weighted by Gasteiger charge is -2.44. The zero-order valence-electron chi connectivity index (χ0n) is 15.9. The maximum Gasteiger partial charge on any atom is 0.254 e. The molecule has 0 aliphatic carbocycles. The third-order valence-corrected chi connectivity index (χ3v) is 5.94. The van der Waals surface area contributed by atoms with Crippen molar-refractivity contribution in [1.29, 1.82) is 0 Å². The minimum Gasteiger partial charge on any atom is -0.497 e. The van der Waals surface area contributed by atoms with Crippen molar-refractivity contribution in [3.05, 3.63) is 48.0 Å². The predicted molar refractivity (Wildman–Crippen MR) is 106 cm³/mol. The summed E-state index contributed by atoms with van der Waals surface area (Å²) in [5.41, 5.74) is 2.49. The van der Waals surface area contributed by atoms with E-state index in [4.69, 9.17) is 9.15 Å². The number of carbonyl (C=O) groups excluding carboxylic acids is 1. The number of nitrogens with zero attached hydrogens (tertiary/aromatic N) is 2. The molecule has 28 heavy (non-hydrogen) atoms. The fourth-order valence-corrected chi connectivity index (χ4v) is 4.37. The van der Waals surface area contributed by atoms with Crippen LogP contribution < -0.4 is 10.1 Å². The quantitative estimate of drug-likeness (QED) is 0.755. The van der Waals surface area contributed by atoms with Gasteiger partial charge in [-0.15, -0.1) is 0 Å². The Hall–Kier alpha value is -2.86. The second-order valence-corrected chi connectivity index (χ2v) is 7.62. The Morgan fingerprint density at radius 3 is 2.68 bits per heavy atom. The average Bonchev–Trinajstić information content (AvgIpc) is 3.18. The zero-order chi connectivity index (χ0) is 19.1. The molecule has 3 aromatic rings. The number of methoxy groups -OCH3 is 1. The van der Waals surface area contributed by atoms with Crippen LogP contribution in [0.4, 0.5) is 0 Å². The lowest BCUT2D eigenvalue weighted by Crippen LogP contribution is -2.57. The summed E-state index contributed by atoms with van der Waals surface area (Å²) in [5, 5.41) is 3.24. The fourth-order valence-electron chi connectivity index (χ4n) is 4.37. The van der Waals surface area contributed by atoms with Crippen LogP contribution in [0.15, 0.2) is 46.9 Å². The van der Waals surface area contributed by atoms with Crippen molar-refractivity contribution in [3.8, 4) is 17.2 Å². The van der Waals surface area contributed by atoms with Crippen molar-refractivity contribution in [2.75, 3.05) is 26.7 Å². The van der Waals surface area contributed by atoms with Crippen LogP contribution in [0, 0.1) is 5.92 Å². The number of oxazole rings is 1. The van der Waals surface area contributed by atoms with E-state index in [-0.39, 0.29) is 11.9 Å². The molecule has 4 heterocycles. The second kappa shape index (κ2) is 6.95. The van der Waals surface area contributed by atoms with E-state index in [0.29, 0.717) is 34.2 Å². The number of benzene rings is 2. The predicted octanol–water partition coefficient (Wildman–Crippen LogP) is 3.33. The summed E-state index contributed by atoms with van der Waals surface area (Å²) < 4.78 is 11.3. The smallest absolute Gasteiger partial charge is 0.254 e. The highest BCUT2D eigenvalue weighted by molar-refractivity contribution is 6.05. The van der Waals surface area contributed by atoms with Gasteiger partial charge in [0.15, 0.2) is 5.58 Å². The zero-order valence-corrected chi connectivity index (χ0v) is 15.9. The molecule has 6 rings (SSSR count). The SMILES string of the molecule is COc1cc(C(=O)NC2CN3CCC2CC3)c2nc(-c3ccccc3)oc2c1. The molecule has 3 fully saturated rings. The summed E-state index contributed by atoms with van der Waals surface area (Å²) >= 11 is 0. The third-order valence-electron chi connectivity index (χ3n) is 5.94. The van der Waals surface area contributed by atoms with Gasteiger partial charge in [-0.1, -0.05) is 18.2 Å². The first kappa shape index (κ1) is 17.3. The van der Waals surface area contributed by atoms with Gasteiger partial charge in [0, 0.05) is 24.2 Å². The first-order valence-corrected chi connectivity index (χ1v) is 9.78. The number of rotatable bonds is 4. The van der Waals surface area contributed by atoms with Crippen molar-refractivity contribution in [1.82, 2.24) is 15.2 Å². The summed E-state index contributed by atoms with van der Waals surface area (Å²) in [7, 11) is 1.59. The standard InChI is InChI=1S/C22H23N3O3/c1-27-16-11-17(21(26)23-18-13-25-9-7-14(18)8-10-25)20-19(12-16)28-22(24-20)15-5-3-2-4-6-15/h2-6,11-12,14,18H,7-10,13H2,1H3,(H,23,26). The number of hydrogen-bond acceptors (Lipinski definition) is 5. The molecule has 1 unspecified atom stereocenters. The van der Waals surface area contributed by atoms with Gasteiger partial charge >= 0.3 is 0 Å². The summed E-state index contributed by atoms with van der Waals surface area (Å²) in [6.45, 7) is 3.21. The first-order valence-electron chi connectivity index (χ1n) is 9.78. The van der Waals surface area contributed by atoms with E-state index >= 15 is 0 Å². The molecule has 3 aliphatic rings. The number of amides is 1. The third kappa shape index (κ3) is 3.03. The van der Waals surface area contributed by atoms with Gasteiger partial charge in [-0.2, -0.15) is 0 Å². The van der Waals surface area contributed by atoms with Gasteiger partial charge in [0.2, 0.25) is 5.89 Å². The normalized spacial score (nSPS) is 23.7. The minimum absolute atomic E-state index is 0.115. The van der Waals surface area contributed by atoms with Crippen LogP contribution in [0.3, 0.4) is 0 Å². The number of carbonyl (C=O) groups is 1. The van der Waals surface area contributed by atoms with E-state index in [2.05, 4.69) is 15.2 Å². The number of fused-ring (bicyclic) bond motifs is 4. The maximum absolute atomic E-state index is 13.2. The molecule has 2 aromatic carbocycles. The molecular weight excluding hydrogens is 354 g/mol. The Balaban J connectivity index is 1.50. The average molecular weight is 377 g/mol. The first-order chi connectivity index (χ1) is 13.7. The highest BCUT2D eigenvalue weighted by atomic mass is 16.5. The van der Waals surface area contributed by atoms with Crippen LogP contribution >= 0.6 is 0 Å². The molecule has 0 radical (unpaired) electrons. The van der Waals surface area contributed by atoms with E-state index in [1.165, 1.54) is 0 Å². The number of hydrogen-bond donors (Lipinski definition) is 1. The maximum atomic E-state index is 13.2. The van der Waals surface area contributed by atoms with Crippen molar-refractivity contribution >= 4 is 17.0 Å². The Morgan fingerprint density at radius 2 is 2.00 bits per heavy atom. The van der Waals surface area contributed by atoms with Crippen molar-refractivity contribution < 1.29 is 13.9 Å². The molecule has 3 saturated heterocycles. The van der Waals surface area contributed by atoms with E-state index < -0.39 is 0 Å². The van der Waals surface area contributed by atoms with E-state index in [1.54, 1.807) is 19.2 Å². The molecule has 2 bridgehead atoms. The number of ether oxygens (including phenoxy) is 1. The van der Waals surface area contributed by atoms with Gasteiger partial charge in [0.1, 0.15) is 11.3 Å². The van der Waals surface area contributed by atoms with Gasteiger partial charge in [-0.05, 0) is 50.0 Å². The summed E-state index contributed by atoms with van der Waals surface area (Å²) in [4.78, 5) is 20.2. The molecule has 144 valence electrons. The lowest BCUT2D eigenvalue weighted by atomic mass is 9.84. The van der Waals surface area contributed by atoms with Crippen LogP contribution in [-0.2, 0) is 0 Å². The molecule has 6 nitrogen and oxygen atoms in total. The minimum atomic E-state index is -0.115. The lowest BCUT2D eigenvalue weighted by molar-refractivity contribution is 0.0621. The van der Waals surface area contributed by atoms with Crippen molar-refractivity contribution in [2.24, 2.45) is 5.92 Å². The molecule has 6 heteroatoms. The van der Waals surface area contributed by atoms with Gasteiger partial charge in [0.05, 0.1) is 12.7 Å². The summed E-state index contributed by atoms with van der Waals surface area (Å²) in [6, 6.07) is 13.4. The Morgan fingerprint density at radius 1 is 1.21 bits per heavy atom. The molecule has 0 spiro atoms. The number of aromatic nitrogens is 1. The molecule has 1 N–H and O–H groups in total. The molecule has 1 amide bonds. The van der Waals surface area contributed by atoms with Crippen molar-refractivity contribution in [2.45, 2.75) is 18.9 Å². The summed E-state index contributed by atoms with van der Waals surface area (Å²) in [5.74, 6) is 1.53. The molecular formula is C22H23N3O3. The van der Waals surface area contributed by atoms with Crippen LogP contribution in [0.1, 0.15) is 23.2 Å². The van der Waals surface area contributed by atoms with Crippen molar-refractivity contribution in [3.63, 3.8) is 0 Å². The Labute approximate surface area is 163 Å². The monoisotopic (exact) mass is 377 g/mol. The topological polar surface area (TPSA) is 67.6 Å². The molecule has 3 aliphatic heterocycles. The van der Waals surface area contributed by atoms with Gasteiger partial charge in [-0.3, -0.25) is 4.79 Å². The van der Waals surface area contributed by atoms with E-state index in [9.17, 15) is 4.79 Å². The Bertz CT molecular complexity index is 1010. The summed E-state index contributed by atoms with van der Waals surface area (Å²) in [6.07, 6.45) is 2.31. The highest BCUT2D eigenvalue weighted by Crippen LogP contribution is 2.31. The van der Waals surface area contributed by atoms with Crippen LogP contribution in [0.25, 0.3) is 22.6 Å². The molecule has 1 atom stereocenters. The van der Waals surface area contributed by atoms with Gasteiger partial charge in [0.25, 0.3) is 5.91 Å². The molecule has 1 aromatic heterocycles. The van der Waals surface area contributed by atoms with Crippen LogP contribution in [-0.4, -0.2) is 48.6 Å². The Kier molecular flexibility index (Phi) is 4.28. The molecule has 0 saturated carbocycles. The van der Waals surface area contributed by atoms with E-state index in [1.807, 2.05) is 30.3 Å². The van der Waals surface area contributed by atoms with Gasteiger partial charge < -0.3 is 19.4 Å². The fraction of sp³-hybridized carbons (Fsp3) is 0.364. The highest BCUT2D eigenvalue weighted by Gasteiger charge is 2.35. The second-order valence-electron chi connectivity index (χ2n) is 7.62. The largest absolute Gasteiger partial charge is 0.497 e. The van der Waals surface area contributed by atoms with E-state index in [0.717, 1.165) is 38.0 Å². The number of piperidine rings is 3. The number of nitrogens with one attached hydrogen (secondary N) is 1. The van der Waals surface area contributed by atoms with Gasteiger partial charge in [-0.25, -0.2) is 4.98 Å².